The van der Waals surface area contributed by atoms with E-state index >= 15 is 0 Å². The van der Waals surface area contributed by atoms with E-state index in [2.05, 4.69) is 11.0 Å². The fraction of sp³-hybridized carbons (Fsp3) is 0.462. The van der Waals surface area contributed by atoms with E-state index in [9.17, 15) is 0 Å². The summed E-state index contributed by atoms with van der Waals surface area (Å²) in [4.78, 5) is 2.06. The van der Waals surface area contributed by atoms with E-state index in [1.54, 1.807) is 0 Å². The van der Waals surface area contributed by atoms with Gasteiger partial charge in [0, 0.05) is 19.3 Å². The number of hydrogen-bond donors (Lipinski definition) is 1. The summed E-state index contributed by atoms with van der Waals surface area (Å²) < 4.78 is 0. The second-order valence-corrected chi connectivity index (χ2v) is 4.18. The van der Waals surface area contributed by atoms with Crippen LogP contribution in [-0.2, 0) is 6.61 Å². The zero-order chi connectivity index (χ0) is 12.1. The number of nitriles is 1. The Bertz CT molecular complexity index is 395. The van der Waals surface area contributed by atoms with Crippen LogP contribution >= 0.6 is 0 Å². The van der Waals surface area contributed by atoms with Crippen LogP contribution in [0.15, 0.2) is 18.2 Å². The van der Waals surface area contributed by atoms with Gasteiger partial charge in [-0.25, -0.2) is 0 Å². The minimum absolute atomic E-state index is 0.0165. The molecule has 0 aliphatic heterocycles. The minimum Gasteiger partial charge on any atom is -0.392 e. The van der Waals surface area contributed by atoms with Crippen molar-refractivity contribution in [2.24, 2.45) is 5.92 Å². The maximum Gasteiger partial charge on any atom is 0.0684 e. The van der Waals surface area contributed by atoms with Gasteiger partial charge in [-0.1, -0.05) is 6.07 Å². The molecule has 3 nitrogen and oxygen atoms in total. The zero-order valence-electron chi connectivity index (χ0n) is 10.1. The first-order valence-corrected chi connectivity index (χ1v) is 5.39. The standard InChI is InChI=1S/C13H18N2O/c1-10(7-14)8-15(3)13-5-4-12(9-16)11(2)6-13/h4-6,10,16H,8-9H2,1-3H3. The summed E-state index contributed by atoms with van der Waals surface area (Å²) in [7, 11) is 1.97. The van der Waals surface area contributed by atoms with Gasteiger partial charge in [-0.05, 0) is 37.1 Å². The highest BCUT2D eigenvalue weighted by molar-refractivity contribution is 5.50. The molecule has 86 valence electrons. The minimum atomic E-state index is 0.0165. The number of aliphatic hydroxyl groups is 1. The van der Waals surface area contributed by atoms with Crippen LogP contribution in [0.25, 0.3) is 0 Å². The van der Waals surface area contributed by atoms with Gasteiger partial charge in [-0.2, -0.15) is 5.26 Å². The quantitative estimate of drug-likeness (QED) is 0.841. The van der Waals surface area contributed by atoms with Crippen LogP contribution in [0.5, 0.6) is 0 Å². The summed E-state index contributed by atoms with van der Waals surface area (Å²) in [6.45, 7) is 4.68. The molecule has 0 saturated heterocycles. The second kappa shape index (κ2) is 5.53. The molecule has 1 aromatic carbocycles. The topological polar surface area (TPSA) is 47.3 Å². The van der Waals surface area contributed by atoms with Crippen molar-refractivity contribution in [1.82, 2.24) is 0 Å². The number of rotatable bonds is 4. The Morgan fingerprint density at radius 2 is 2.19 bits per heavy atom. The first-order valence-electron chi connectivity index (χ1n) is 5.39. The first-order chi connectivity index (χ1) is 7.58. The summed E-state index contributed by atoms with van der Waals surface area (Å²) in [6, 6.07) is 8.16. The Labute approximate surface area is 96.9 Å². The molecule has 1 unspecified atom stereocenters. The van der Waals surface area contributed by atoms with E-state index in [0.717, 1.165) is 16.8 Å². The van der Waals surface area contributed by atoms with Gasteiger partial charge in [0.15, 0.2) is 0 Å². The van der Waals surface area contributed by atoms with Gasteiger partial charge < -0.3 is 10.0 Å². The number of benzene rings is 1. The molecule has 0 aliphatic carbocycles. The van der Waals surface area contributed by atoms with E-state index in [1.807, 2.05) is 39.1 Å². The van der Waals surface area contributed by atoms with E-state index in [-0.39, 0.29) is 12.5 Å². The molecule has 0 spiro atoms. The molecule has 0 heterocycles. The molecule has 0 amide bonds. The van der Waals surface area contributed by atoms with Crippen molar-refractivity contribution >= 4 is 5.69 Å². The van der Waals surface area contributed by atoms with Gasteiger partial charge in [0.1, 0.15) is 0 Å². The Balaban J connectivity index is 2.81. The van der Waals surface area contributed by atoms with Crippen molar-refractivity contribution in [3.63, 3.8) is 0 Å². The van der Waals surface area contributed by atoms with Crippen molar-refractivity contribution in [2.45, 2.75) is 20.5 Å². The van der Waals surface area contributed by atoms with Gasteiger partial charge >= 0.3 is 0 Å². The lowest BCUT2D eigenvalue weighted by atomic mass is 10.1. The Hall–Kier alpha value is -1.53. The molecule has 1 aromatic rings. The van der Waals surface area contributed by atoms with E-state index < -0.39 is 0 Å². The predicted octanol–water partition coefficient (Wildman–Crippen LogP) is 2.08. The molecule has 1 atom stereocenters. The fourth-order valence-corrected chi connectivity index (χ4v) is 1.65. The highest BCUT2D eigenvalue weighted by Crippen LogP contribution is 2.19. The second-order valence-electron chi connectivity index (χ2n) is 4.18. The monoisotopic (exact) mass is 218 g/mol. The van der Waals surface area contributed by atoms with Crippen molar-refractivity contribution in [2.75, 3.05) is 18.5 Å². The van der Waals surface area contributed by atoms with E-state index in [0.29, 0.717) is 6.54 Å². The van der Waals surface area contributed by atoms with Crippen LogP contribution in [0.3, 0.4) is 0 Å². The molecular formula is C13H18N2O. The fourth-order valence-electron chi connectivity index (χ4n) is 1.65. The summed E-state index contributed by atoms with van der Waals surface area (Å²) in [6.07, 6.45) is 0. The molecular weight excluding hydrogens is 200 g/mol. The third-order valence-corrected chi connectivity index (χ3v) is 2.71. The Morgan fingerprint density at radius 1 is 1.50 bits per heavy atom. The van der Waals surface area contributed by atoms with Crippen molar-refractivity contribution in [1.29, 1.82) is 5.26 Å². The van der Waals surface area contributed by atoms with Crippen LogP contribution in [0.2, 0.25) is 0 Å². The molecule has 0 radical (unpaired) electrons. The SMILES string of the molecule is Cc1cc(N(C)CC(C)C#N)ccc1CO. The highest BCUT2D eigenvalue weighted by Gasteiger charge is 2.07. The first kappa shape index (κ1) is 12.5. The lowest BCUT2D eigenvalue weighted by molar-refractivity contribution is 0.281. The molecule has 16 heavy (non-hydrogen) atoms. The van der Waals surface area contributed by atoms with Gasteiger partial charge in [0.05, 0.1) is 18.6 Å². The molecule has 0 fully saturated rings. The van der Waals surface area contributed by atoms with Crippen LogP contribution in [-0.4, -0.2) is 18.7 Å². The van der Waals surface area contributed by atoms with Gasteiger partial charge in [-0.3, -0.25) is 0 Å². The summed E-state index contributed by atoms with van der Waals surface area (Å²) in [5.41, 5.74) is 3.11. The van der Waals surface area contributed by atoms with Crippen LogP contribution < -0.4 is 4.90 Å². The van der Waals surface area contributed by atoms with Gasteiger partial charge in [0.25, 0.3) is 0 Å². The molecule has 0 aromatic heterocycles. The summed E-state index contributed by atoms with van der Waals surface area (Å²) in [5.74, 6) is 0.0165. The highest BCUT2D eigenvalue weighted by atomic mass is 16.3. The molecule has 0 bridgehead atoms. The normalized spacial score (nSPS) is 11.9. The average molecular weight is 218 g/mol. The summed E-state index contributed by atoms with van der Waals surface area (Å²) in [5, 5.41) is 17.8. The van der Waals surface area contributed by atoms with Gasteiger partial charge in [0.2, 0.25) is 0 Å². The molecule has 3 heteroatoms. The maximum atomic E-state index is 9.07. The predicted molar refractivity (Wildman–Crippen MR) is 65.1 cm³/mol. The van der Waals surface area contributed by atoms with Crippen molar-refractivity contribution in [3.8, 4) is 6.07 Å². The number of nitrogens with zero attached hydrogens (tertiary/aromatic N) is 2. The van der Waals surface area contributed by atoms with Crippen molar-refractivity contribution in [3.05, 3.63) is 29.3 Å². The third kappa shape index (κ3) is 2.98. The maximum absolute atomic E-state index is 9.07. The number of aliphatic hydroxyl groups excluding tert-OH is 1. The van der Waals surface area contributed by atoms with Crippen LogP contribution in [0.4, 0.5) is 5.69 Å². The molecule has 0 saturated carbocycles. The lowest BCUT2D eigenvalue weighted by Gasteiger charge is -2.21. The zero-order valence-corrected chi connectivity index (χ0v) is 10.1. The summed E-state index contributed by atoms with van der Waals surface area (Å²) >= 11 is 0. The lowest BCUT2D eigenvalue weighted by Crippen LogP contribution is -2.23. The van der Waals surface area contributed by atoms with Crippen LogP contribution in [0.1, 0.15) is 18.1 Å². The number of hydrogen-bond acceptors (Lipinski definition) is 3. The van der Waals surface area contributed by atoms with Gasteiger partial charge in [-0.15, -0.1) is 0 Å². The Morgan fingerprint density at radius 3 is 2.69 bits per heavy atom. The van der Waals surface area contributed by atoms with E-state index in [1.165, 1.54) is 0 Å². The molecule has 1 N–H and O–H groups in total. The third-order valence-electron chi connectivity index (χ3n) is 2.71. The molecule has 1 rings (SSSR count). The largest absolute Gasteiger partial charge is 0.392 e. The molecule has 0 aliphatic rings. The van der Waals surface area contributed by atoms with Crippen LogP contribution in [0, 0.1) is 24.2 Å². The number of anilines is 1. The number of aryl methyl sites for hydroxylation is 1. The average Bonchev–Trinajstić information content (AvgIpc) is 2.28. The smallest absolute Gasteiger partial charge is 0.0684 e. The Kier molecular flexibility index (Phi) is 4.33. The van der Waals surface area contributed by atoms with E-state index in [4.69, 9.17) is 10.4 Å². The van der Waals surface area contributed by atoms with Crippen molar-refractivity contribution < 1.29 is 5.11 Å².